The van der Waals surface area contributed by atoms with Crippen LogP contribution in [-0.4, -0.2) is 31.9 Å². The molecule has 3 heterocycles. The topological polar surface area (TPSA) is 85.8 Å². The van der Waals surface area contributed by atoms with Gasteiger partial charge in [0.25, 0.3) is 5.56 Å². The summed E-state index contributed by atoms with van der Waals surface area (Å²) in [5.74, 6) is -0.951. The van der Waals surface area contributed by atoms with Crippen LogP contribution >= 0.6 is 0 Å². The van der Waals surface area contributed by atoms with E-state index >= 15 is 0 Å². The summed E-state index contributed by atoms with van der Waals surface area (Å²) in [4.78, 5) is 23.2. The summed E-state index contributed by atoms with van der Waals surface area (Å²) in [5.41, 5.74) is 1.58. The van der Waals surface area contributed by atoms with E-state index in [1.54, 1.807) is 0 Å². The molecular weight excluding hydrogens is 286 g/mol. The van der Waals surface area contributed by atoms with Crippen molar-refractivity contribution >= 4 is 11.6 Å². The zero-order chi connectivity index (χ0) is 15.7. The van der Waals surface area contributed by atoms with Crippen molar-refractivity contribution in [1.82, 2.24) is 14.2 Å². The Balaban J connectivity index is 2.15. The van der Waals surface area contributed by atoms with Gasteiger partial charge in [0.05, 0.1) is 12.1 Å². The first-order valence-electron chi connectivity index (χ1n) is 7.56. The molecule has 2 aromatic rings. The lowest BCUT2D eigenvalue weighted by Gasteiger charge is -2.12. The normalized spacial score (nSPS) is 18.1. The third-order valence-corrected chi connectivity index (χ3v) is 3.87. The molecule has 22 heavy (non-hydrogen) atoms. The summed E-state index contributed by atoms with van der Waals surface area (Å²) in [5, 5.41) is 13.4. The van der Waals surface area contributed by atoms with Gasteiger partial charge in [-0.15, -0.1) is 0 Å². The molecule has 0 amide bonds. The summed E-state index contributed by atoms with van der Waals surface area (Å²) in [6, 6.07) is 3.21. The molecule has 2 aromatic heterocycles. The molecule has 1 fully saturated rings. The first-order chi connectivity index (χ1) is 10.6. The van der Waals surface area contributed by atoms with Crippen molar-refractivity contribution in [2.75, 3.05) is 6.61 Å². The SMILES string of the molecule is CCCn1c(CC(=O)O)cc(=O)n2nc(C3CCCO3)cc12. The van der Waals surface area contributed by atoms with Gasteiger partial charge in [-0.05, 0) is 19.3 Å². The molecule has 0 bridgehead atoms. The van der Waals surface area contributed by atoms with Gasteiger partial charge in [-0.25, -0.2) is 0 Å². The number of aliphatic carboxylic acids is 1. The minimum absolute atomic E-state index is 0.0719. The fraction of sp³-hybridized carbons (Fsp3) is 0.533. The maximum absolute atomic E-state index is 12.2. The summed E-state index contributed by atoms with van der Waals surface area (Å²) in [6.07, 6.45) is 2.48. The number of hydrogen-bond donors (Lipinski definition) is 1. The first-order valence-corrected chi connectivity index (χ1v) is 7.56. The van der Waals surface area contributed by atoms with Crippen molar-refractivity contribution in [2.45, 2.75) is 45.3 Å². The number of carbonyl (C=O) groups is 1. The average molecular weight is 305 g/mol. The molecule has 1 aliphatic rings. The van der Waals surface area contributed by atoms with Crippen LogP contribution in [0.2, 0.25) is 0 Å². The number of rotatable bonds is 5. The number of carboxylic acid groups (broad SMARTS) is 1. The molecule has 0 aliphatic carbocycles. The van der Waals surface area contributed by atoms with Gasteiger partial charge in [-0.2, -0.15) is 9.61 Å². The number of ether oxygens (including phenoxy) is 1. The van der Waals surface area contributed by atoms with E-state index in [1.807, 2.05) is 17.6 Å². The Bertz CT molecular complexity index is 756. The number of aromatic nitrogens is 3. The molecule has 0 saturated carbocycles. The lowest BCUT2D eigenvalue weighted by molar-refractivity contribution is -0.136. The van der Waals surface area contributed by atoms with E-state index in [1.165, 1.54) is 10.6 Å². The van der Waals surface area contributed by atoms with Crippen molar-refractivity contribution in [1.29, 1.82) is 0 Å². The molecule has 1 saturated heterocycles. The zero-order valence-electron chi connectivity index (χ0n) is 12.5. The van der Waals surface area contributed by atoms with Gasteiger partial charge in [0, 0.05) is 31.0 Å². The van der Waals surface area contributed by atoms with Gasteiger partial charge in [0.15, 0.2) is 0 Å². The molecule has 1 atom stereocenters. The lowest BCUT2D eigenvalue weighted by Crippen LogP contribution is -2.22. The minimum atomic E-state index is -0.951. The standard InChI is InChI=1S/C15H19N3O4/c1-2-5-17-10(8-15(20)21)7-14(19)18-13(17)9-11(16-18)12-4-3-6-22-12/h7,9,12H,2-6,8H2,1H3,(H,20,21). The van der Waals surface area contributed by atoms with E-state index < -0.39 is 5.97 Å². The molecule has 0 spiro atoms. The third-order valence-electron chi connectivity index (χ3n) is 3.87. The van der Waals surface area contributed by atoms with Gasteiger partial charge >= 0.3 is 5.97 Å². The number of fused-ring (bicyclic) bond motifs is 1. The molecule has 0 radical (unpaired) electrons. The number of nitrogens with zero attached hydrogens (tertiary/aromatic N) is 3. The number of hydrogen-bond acceptors (Lipinski definition) is 4. The Labute approximate surface area is 127 Å². The highest BCUT2D eigenvalue weighted by Gasteiger charge is 2.22. The highest BCUT2D eigenvalue weighted by atomic mass is 16.5. The van der Waals surface area contributed by atoms with E-state index in [4.69, 9.17) is 9.84 Å². The second-order valence-electron chi connectivity index (χ2n) is 5.54. The predicted octanol–water partition coefficient (Wildman–Crippen LogP) is 1.38. The molecular formula is C15H19N3O4. The molecule has 7 heteroatoms. The van der Waals surface area contributed by atoms with Crippen LogP contribution in [0.5, 0.6) is 0 Å². The molecule has 1 aliphatic heterocycles. The van der Waals surface area contributed by atoms with Gasteiger partial charge in [0.2, 0.25) is 0 Å². The van der Waals surface area contributed by atoms with Crippen molar-refractivity contribution in [3.05, 3.63) is 33.9 Å². The fourth-order valence-corrected chi connectivity index (χ4v) is 2.92. The summed E-state index contributed by atoms with van der Waals surface area (Å²) < 4.78 is 8.83. The average Bonchev–Trinajstić information content (AvgIpc) is 3.11. The van der Waals surface area contributed by atoms with Gasteiger partial charge in [0.1, 0.15) is 11.8 Å². The van der Waals surface area contributed by atoms with E-state index in [0.29, 0.717) is 24.5 Å². The van der Waals surface area contributed by atoms with Crippen LogP contribution in [0.4, 0.5) is 0 Å². The van der Waals surface area contributed by atoms with Crippen LogP contribution in [0, 0.1) is 0 Å². The molecule has 1 unspecified atom stereocenters. The molecule has 118 valence electrons. The minimum Gasteiger partial charge on any atom is -0.481 e. The lowest BCUT2D eigenvalue weighted by atomic mass is 10.2. The predicted molar refractivity (Wildman–Crippen MR) is 79.0 cm³/mol. The van der Waals surface area contributed by atoms with Gasteiger partial charge in [-0.3, -0.25) is 9.59 Å². The molecule has 1 N–H and O–H groups in total. The molecule has 3 rings (SSSR count). The number of aryl methyl sites for hydroxylation is 1. The summed E-state index contributed by atoms with van der Waals surface area (Å²) in [7, 11) is 0. The van der Waals surface area contributed by atoms with Gasteiger partial charge in [-0.1, -0.05) is 6.92 Å². The van der Waals surface area contributed by atoms with Crippen LogP contribution in [0.3, 0.4) is 0 Å². The summed E-state index contributed by atoms with van der Waals surface area (Å²) in [6.45, 7) is 3.36. The van der Waals surface area contributed by atoms with Crippen LogP contribution in [-0.2, 0) is 22.5 Å². The maximum Gasteiger partial charge on any atom is 0.309 e. The van der Waals surface area contributed by atoms with Crippen LogP contribution < -0.4 is 5.56 Å². The van der Waals surface area contributed by atoms with Crippen LogP contribution in [0.1, 0.15) is 43.7 Å². The van der Waals surface area contributed by atoms with E-state index in [-0.39, 0.29) is 18.1 Å². The van der Waals surface area contributed by atoms with Crippen LogP contribution in [0.15, 0.2) is 16.9 Å². The summed E-state index contributed by atoms with van der Waals surface area (Å²) >= 11 is 0. The third kappa shape index (κ3) is 2.64. The van der Waals surface area contributed by atoms with Crippen molar-refractivity contribution in [2.24, 2.45) is 0 Å². The molecule has 7 nitrogen and oxygen atoms in total. The van der Waals surface area contributed by atoms with Crippen molar-refractivity contribution in [3.8, 4) is 0 Å². The second kappa shape index (κ2) is 5.92. The Morgan fingerprint density at radius 1 is 1.50 bits per heavy atom. The van der Waals surface area contributed by atoms with Crippen molar-refractivity contribution < 1.29 is 14.6 Å². The first kappa shape index (κ1) is 14.8. The Morgan fingerprint density at radius 2 is 2.32 bits per heavy atom. The second-order valence-corrected chi connectivity index (χ2v) is 5.54. The van der Waals surface area contributed by atoms with Gasteiger partial charge < -0.3 is 14.4 Å². The molecule has 0 aromatic carbocycles. The van der Waals surface area contributed by atoms with E-state index in [2.05, 4.69) is 5.10 Å². The maximum atomic E-state index is 12.2. The highest BCUT2D eigenvalue weighted by molar-refractivity contribution is 5.70. The van der Waals surface area contributed by atoms with E-state index in [9.17, 15) is 9.59 Å². The van der Waals surface area contributed by atoms with Crippen molar-refractivity contribution in [3.63, 3.8) is 0 Å². The highest BCUT2D eigenvalue weighted by Crippen LogP contribution is 2.28. The quantitative estimate of drug-likeness (QED) is 0.902. The number of carboxylic acids is 1. The van der Waals surface area contributed by atoms with E-state index in [0.717, 1.165) is 25.0 Å². The Hall–Kier alpha value is -2.15. The Kier molecular flexibility index (Phi) is 3.98. The Morgan fingerprint density at radius 3 is 2.95 bits per heavy atom. The smallest absolute Gasteiger partial charge is 0.309 e. The fourth-order valence-electron chi connectivity index (χ4n) is 2.92. The van der Waals surface area contributed by atoms with Crippen LogP contribution in [0.25, 0.3) is 5.65 Å². The monoisotopic (exact) mass is 305 g/mol. The largest absolute Gasteiger partial charge is 0.481 e. The zero-order valence-corrected chi connectivity index (χ0v) is 12.5.